The Bertz CT molecular complexity index is 580. The van der Waals surface area contributed by atoms with E-state index in [0.29, 0.717) is 10.8 Å². The maximum Gasteiger partial charge on any atom is 0.200 e. The molecule has 2 aromatic carbocycles. The van der Waals surface area contributed by atoms with E-state index >= 15 is 0 Å². The number of hydrogen-bond acceptors (Lipinski definition) is 3. The van der Waals surface area contributed by atoms with Crippen LogP contribution in [0.2, 0.25) is 0 Å². The largest absolute Gasteiger partial charge is 0.504 e. The lowest BCUT2D eigenvalue weighted by Gasteiger charge is -2.19. The van der Waals surface area contributed by atoms with Crippen molar-refractivity contribution in [3.63, 3.8) is 0 Å². The Hall–Kier alpha value is -1.90. The molecule has 90 valence electrons. The van der Waals surface area contributed by atoms with E-state index in [2.05, 4.69) is 20.8 Å². The van der Waals surface area contributed by atoms with Gasteiger partial charge in [-0.15, -0.1) is 0 Å². The minimum absolute atomic E-state index is 0.0336. The molecule has 0 unspecified atom stereocenters. The number of phenolic OH excluding ortho intramolecular Hbond substituents is 3. The summed E-state index contributed by atoms with van der Waals surface area (Å²) in [6, 6.07) is 7.06. The van der Waals surface area contributed by atoms with Gasteiger partial charge in [0.1, 0.15) is 0 Å². The van der Waals surface area contributed by atoms with Crippen molar-refractivity contribution in [1.29, 1.82) is 0 Å². The van der Waals surface area contributed by atoms with Crippen LogP contribution in [0.4, 0.5) is 0 Å². The van der Waals surface area contributed by atoms with Gasteiger partial charge >= 0.3 is 0 Å². The summed E-state index contributed by atoms with van der Waals surface area (Å²) >= 11 is 0. The average Bonchev–Trinajstić information content (AvgIpc) is 2.24. The van der Waals surface area contributed by atoms with Crippen LogP contribution in [0.1, 0.15) is 26.3 Å². The smallest absolute Gasteiger partial charge is 0.200 e. The fourth-order valence-electron chi connectivity index (χ4n) is 1.82. The highest BCUT2D eigenvalue weighted by atomic mass is 16.3. The average molecular weight is 232 g/mol. The van der Waals surface area contributed by atoms with Crippen LogP contribution in [0, 0.1) is 0 Å². The van der Waals surface area contributed by atoms with Gasteiger partial charge in [-0.2, -0.15) is 0 Å². The molecule has 0 radical (unpaired) electrons. The van der Waals surface area contributed by atoms with E-state index in [9.17, 15) is 15.3 Å². The highest BCUT2D eigenvalue weighted by Crippen LogP contribution is 2.42. The normalized spacial score (nSPS) is 11.9. The van der Waals surface area contributed by atoms with E-state index in [0.717, 1.165) is 5.56 Å². The summed E-state index contributed by atoms with van der Waals surface area (Å²) in [6.45, 7) is 6.22. The lowest BCUT2D eigenvalue weighted by Crippen LogP contribution is -2.10. The Morgan fingerprint density at radius 2 is 1.53 bits per heavy atom. The van der Waals surface area contributed by atoms with E-state index in [-0.39, 0.29) is 16.9 Å². The Morgan fingerprint density at radius 3 is 2.12 bits per heavy atom. The molecule has 3 nitrogen and oxygen atoms in total. The molecule has 2 aromatic rings. The minimum atomic E-state index is -0.469. The zero-order valence-corrected chi connectivity index (χ0v) is 10.2. The lowest BCUT2D eigenvalue weighted by molar-refractivity contribution is 0.371. The summed E-state index contributed by atoms with van der Waals surface area (Å²) in [6.07, 6.45) is 0. The Balaban J connectivity index is 2.78. The third-order valence-corrected chi connectivity index (χ3v) is 2.93. The Morgan fingerprint density at radius 1 is 0.882 bits per heavy atom. The Kier molecular flexibility index (Phi) is 2.42. The molecule has 0 fully saturated rings. The first-order chi connectivity index (χ1) is 7.80. The van der Waals surface area contributed by atoms with Gasteiger partial charge in [0, 0.05) is 5.39 Å². The Labute approximate surface area is 100.0 Å². The van der Waals surface area contributed by atoms with Gasteiger partial charge in [0.05, 0.1) is 0 Å². The van der Waals surface area contributed by atoms with Crippen molar-refractivity contribution < 1.29 is 15.3 Å². The zero-order chi connectivity index (χ0) is 12.8. The molecule has 2 rings (SSSR count). The second-order valence-electron chi connectivity index (χ2n) is 5.28. The van der Waals surface area contributed by atoms with Gasteiger partial charge in [0.15, 0.2) is 11.5 Å². The van der Waals surface area contributed by atoms with Crippen molar-refractivity contribution in [2.75, 3.05) is 0 Å². The first-order valence-electron chi connectivity index (χ1n) is 5.49. The maximum atomic E-state index is 9.82. The van der Waals surface area contributed by atoms with Gasteiger partial charge in [-0.1, -0.05) is 32.9 Å². The van der Waals surface area contributed by atoms with Crippen molar-refractivity contribution in [3.8, 4) is 17.2 Å². The first kappa shape index (κ1) is 11.6. The maximum absolute atomic E-state index is 9.82. The fourth-order valence-corrected chi connectivity index (χ4v) is 1.82. The molecule has 0 atom stereocenters. The molecule has 0 heterocycles. The van der Waals surface area contributed by atoms with Crippen LogP contribution < -0.4 is 0 Å². The van der Waals surface area contributed by atoms with Crippen molar-refractivity contribution in [3.05, 3.63) is 29.8 Å². The predicted molar refractivity (Wildman–Crippen MR) is 67.6 cm³/mol. The van der Waals surface area contributed by atoms with Gasteiger partial charge in [-0.25, -0.2) is 0 Å². The first-order valence-corrected chi connectivity index (χ1v) is 5.49. The second kappa shape index (κ2) is 3.55. The number of benzene rings is 2. The molecular formula is C14H16O3. The lowest BCUT2D eigenvalue weighted by atomic mass is 9.86. The van der Waals surface area contributed by atoms with Gasteiger partial charge in [0.25, 0.3) is 0 Å². The van der Waals surface area contributed by atoms with E-state index in [1.807, 2.05) is 18.2 Å². The second-order valence-corrected chi connectivity index (χ2v) is 5.28. The number of rotatable bonds is 0. The molecule has 17 heavy (non-hydrogen) atoms. The van der Waals surface area contributed by atoms with E-state index in [1.165, 1.54) is 6.07 Å². The molecule has 3 heteroatoms. The van der Waals surface area contributed by atoms with Crippen molar-refractivity contribution >= 4 is 10.8 Å². The molecular weight excluding hydrogens is 216 g/mol. The van der Waals surface area contributed by atoms with Gasteiger partial charge in [-0.3, -0.25) is 0 Å². The molecule has 0 aliphatic carbocycles. The van der Waals surface area contributed by atoms with Crippen LogP contribution >= 0.6 is 0 Å². The van der Waals surface area contributed by atoms with E-state index in [4.69, 9.17) is 0 Å². The van der Waals surface area contributed by atoms with Crippen molar-refractivity contribution in [2.24, 2.45) is 0 Å². The third-order valence-electron chi connectivity index (χ3n) is 2.93. The molecule has 0 aromatic heterocycles. The SMILES string of the molecule is CC(C)(C)c1ccc2cc(O)c(O)c(O)c2c1. The fraction of sp³-hybridized carbons (Fsp3) is 0.286. The number of aromatic hydroxyl groups is 3. The van der Waals surface area contributed by atoms with Crippen LogP contribution in [0.3, 0.4) is 0 Å². The topological polar surface area (TPSA) is 60.7 Å². The van der Waals surface area contributed by atoms with E-state index in [1.54, 1.807) is 0 Å². The summed E-state index contributed by atoms with van der Waals surface area (Å²) in [5.74, 6) is -1.05. The predicted octanol–water partition coefficient (Wildman–Crippen LogP) is 3.25. The van der Waals surface area contributed by atoms with Crippen LogP contribution in [-0.4, -0.2) is 15.3 Å². The standard InChI is InChI=1S/C14H16O3/c1-14(2,3)9-5-4-8-6-11(15)13(17)12(16)10(8)7-9/h4-7,15-17H,1-3H3. The number of hydrogen-bond donors (Lipinski definition) is 3. The van der Waals surface area contributed by atoms with Gasteiger partial charge in [0.2, 0.25) is 5.75 Å². The van der Waals surface area contributed by atoms with Crippen LogP contribution in [0.5, 0.6) is 17.2 Å². The van der Waals surface area contributed by atoms with Gasteiger partial charge in [-0.05, 0) is 28.5 Å². The quantitative estimate of drug-likeness (QED) is 0.611. The molecule has 3 N–H and O–H groups in total. The van der Waals surface area contributed by atoms with Crippen LogP contribution in [0.25, 0.3) is 10.8 Å². The number of phenols is 3. The summed E-state index contributed by atoms with van der Waals surface area (Å²) in [5.41, 5.74) is 1.03. The monoisotopic (exact) mass is 232 g/mol. The summed E-state index contributed by atoms with van der Waals surface area (Å²) in [5, 5.41) is 30.0. The van der Waals surface area contributed by atoms with E-state index < -0.39 is 5.75 Å². The molecule has 0 aliphatic rings. The van der Waals surface area contributed by atoms with Crippen LogP contribution in [0.15, 0.2) is 24.3 Å². The molecule has 0 aliphatic heterocycles. The molecule has 0 spiro atoms. The number of fused-ring (bicyclic) bond motifs is 1. The molecule has 0 saturated heterocycles. The zero-order valence-electron chi connectivity index (χ0n) is 10.2. The molecule has 0 amide bonds. The summed E-state index contributed by atoms with van der Waals surface area (Å²) < 4.78 is 0. The molecule has 0 bridgehead atoms. The molecule has 0 saturated carbocycles. The minimum Gasteiger partial charge on any atom is -0.504 e. The highest BCUT2D eigenvalue weighted by Gasteiger charge is 2.17. The third kappa shape index (κ3) is 1.88. The van der Waals surface area contributed by atoms with Crippen molar-refractivity contribution in [1.82, 2.24) is 0 Å². The van der Waals surface area contributed by atoms with Crippen molar-refractivity contribution in [2.45, 2.75) is 26.2 Å². The summed E-state index contributed by atoms with van der Waals surface area (Å²) in [4.78, 5) is 0. The van der Waals surface area contributed by atoms with Gasteiger partial charge < -0.3 is 15.3 Å². The summed E-state index contributed by atoms with van der Waals surface area (Å²) in [7, 11) is 0. The van der Waals surface area contributed by atoms with Crippen LogP contribution in [-0.2, 0) is 5.41 Å². The highest BCUT2D eigenvalue weighted by molar-refractivity contribution is 5.93.